The Morgan fingerprint density at radius 1 is 1.23 bits per heavy atom. The summed E-state index contributed by atoms with van der Waals surface area (Å²) >= 11 is 0. The number of rotatable bonds is 6. The summed E-state index contributed by atoms with van der Waals surface area (Å²) < 4.78 is 0. The highest BCUT2D eigenvalue weighted by atomic mass is 16.3. The van der Waals surface area contributed by atoms with Crippen LogP contribution >= 0.6 is 0 Å². The van der Waals surface area contributed by atoms with Gasteiger partial charge < -0.3 is 15.3 Å². The van der Waals surface area contributed by atoms with Crippen molar-refractivity contribution in [2.45, 2.75) is 110 Å². The molecule has 3 aliphatic carbocycles. The lowest BCUT2D eigenvalue weighted by atomic mass is 9.60. The van der Waals surface area contributed by atoms with E-state index in [4.69, 9.17) is 0 Å². The SMILES string of the molecule is C=C1/C(=C\C=C2CCC[C@]3(C)[C@@H]([C@@H](C)CCCC(C)(C)O)CC[C@@H]23)C[C@@H](O)C[C@@H]1O. The van der Waals surface area contributed by atoms with Crippen LogP contribution in [0.5, 0.6) is 0 Å². The second-order valence-electron chi connectivity index (χ2n) is 11.3. The topological polar surface area (TPSA) is 60.7 Å². The van der Waals surface area contributed by atoms with Gasteiger partial charge in [-0.1, -0.05) is 51.0 Å². The van der Waals surface area contributed by atoms with Crippen LogP contribution < -0.4 is 0 Å². The molecular weight excluding hydrogens is 372 g/mol. The van der Waals surface area contributed by atoms with E-state index in [0.29, 0.717) is 30.1 Å². The lowest BCUT2D eigenvalue weighted by Gasteiger charge is -2.44. The van der Waals surface area contributed by atoms with E-state index in [1.165, 1.54) is 38.5 Å². The monoisotopic (exact) mass is 416 g/mol. The molecule has 0 aliphatic heterocycles. The lowest BCUT2D eigenvalue weighted by Crippen LogP contribution is -2.36. The molecule has 6 atom stereocenters. The van der Waals surface area contributed by atoms with Crippen molar-refractivity contribution >= 4 is 0 Å². The molecule has 3 saturated carbocycles. The van der Waals surface area contributed by atoms with E-state index in [9.17, 15) is 15.3 Å². The van der Waals surface area contributed by atoms with Gasteiger partial charge >= 0.3 is 0 Å². The van der Waals surface area contributed by atoms with E-state index < -0.39 is 17.8 Å². The third-order valence-electron chi connectivity index (χ3n) is 8.44. The van der Waals surface area contributed by atoms with E-state index >= 15 is 0 Å². The van der Waals surface area contributed by atoms with Gasteiger partial charge in [-0.25, -0.2) is 0 Å². The smallest absolute Gasteiger partial charge is 0.0811 e. The highest BCUT2D eigenvalue weighted by Crippen LogP contribution is 2.60. The number of hydrogen-bond acceptors (Lipinski definition) is 3. The Morgan fingerprint density at radius 3 is 2.67 bits per heavy atom. The number of hydrogen-bond donors (Lipinski definition) is 3. The second-order valence-corrected chi connectivity index (χ2v) is 11.3. The zero-order valence-electron chi connectivity index (χ0n) is 19.7. The van der Waals surface area contributed by atoms with Gasteiger partial charge in [-0.2, -0.15) is 0 Å². The molecule has 3 heteroatoms. The first kappa shape index (κ1) is 23.8. The quantitative estimate of drug-likeness (QED) is 0.520. The van der Waals surface area contributed by atoms with Crippen molar-refractivity contribution < 1.29 is 15.3 Å². The van der Waals surface area contributed by atoms with Gasteiger partial charge in [0.1, 0.15) is 0 Å². The van der Waals surface area contributed by atoms with E-state index in [1.807, 2.05) is 13.8 Å². The highest BCUT2D eigenvalue weighted by molar-refractivity contribution is 5.38. The number of fused-ring (bicyclic) bond motifs is 1. The standard InChI is InChI=1S/C27H44O3/c1-18(8-6-14-26(3,4)30)23-12-13-24-20(9-7-15-27(23,24)5)10-11-21-16-22(28)17-25(29)19(21)2/h10-11,18,22-25,28-30H,2,6-9,12-17H2,1,3-5H3/b20-10?,21-11-/t18-,22+,23+,24-,25-,27+/m0/s1. The molecule has 0 saturated heterocycles. The number of aliphatic hydroxyl groups is 3. The Labute approximate surface area is 184 Å². The third-order valence-corrected chi connectivity index (χ3v) is 8.44. The summed E-state index contributed by atoms with van der Waals surface area (Å²) in [5.74, 6) is 2.11. The summed E-state index contributed by atoms with van der Waals surface area (Å²) in [5, 5.41) is 30.2. The molecule has 0 radical (unpaired) electrons. The van der Waals surface area contributed by atoms with Crippen molar-refractivity contribution in [2.24, 2.45) is 23.2 Å². The first-order valence-electron chi connectivity index (χ1n) is 12.2. The fourth-order valence-electron chi connectivity index (χ4n) is 6.74. The Balaban J connectivity index is 1.70. The summed E-state index contributed by atoms with van der Waals surface area (Å²) in [6.07, 6.45) is 13.9. The Hall–Kier alpha value is -0.900. The largest absolute Gasteiger partial charge is 0.393 e. The minimum atomic E-state index is -0.615. The molecular formula is C27H44O3. The van der Waals surface area contributed by atoms with E-state index in [1.54, 1.807) is 5.57 Å². The molecule has 3 N–H and O–H groups in total. The van der Waals surface area contributed by atoms with Crippen LogP contribution in [-0.2, 0) is 0 Å². The predicted molar refractivity (Wildman–Crippen MR) is 124 cm³/mol. The molecule has 0 spiro atoms. The van der Waals surface area contributed by atoms with Gasteiger partial charge in [-0.15, -0.1) is 0 Å². The van der Waals surface area contributed by atoms with Gasteiger partial charge in [-0.05, 0) is 93.1 Å². The van der Waals surface area contributed by atoms with Crippen molar-refractivity contribution in [1.29, 1.82) is 0 Å². The van der Waals surface area contributed by atoms with E-state index in [-0.39, 0.29) is 0 Å². The van der Waals surface area contributed by atoms with Gasteiger partial charge in [0, 0.05) is 6.42 Å². The van der Waals surface area contributed by atoms with Crippen molar-refractivity contribution in [2.75, 3.05) is 0 Å². The molecule has 0 heterocycles. The Morgan fingerprint density at radius 2 is 1.97 bits per heavy atom. The molecule has 3 rings (SSSR count). The molecule has 0 aromatic heterocycles. The summed E-state index contributed by atoms with van der Waals surface area (Å²) in [6.45, 7) is 12.8. The lowest BCUT2D eigenvalue weighted by molar-refractivity contribution is 0.0596. The van der Waals surface area contributed by atoms with Crippen LogP contribution in [0.3, 0.4) is 0 Å². The highest BCUT2D eigenvalue weighted by Gasteiger charge is 2.50. The van der Waals surface area contributed by atoms with Gasteiger partial charge in [0.25, 0.3) is 0 Å². The Kier molecular flexibility index (Phi) is 7.37. The molecule has 0 unspecified atom stereocenters. The van der Waals surface area contributed by atoms with E-state index in [0.717, 1.165) is 29.9 Å². The van der Waals surface area contributed by atoms with Crippen LogP contribution in [0.2, 0.25) is 0 Å². The van der Waals surface area contributed by atoms with Crippen LogP contribution in [0, 0.1) is 23.2 Å². The molecule has 30 heavy (non-hydrogen) atoms. The molecule has 0 aromatic carbocycles. The van der Waals surface area contributed by atoms with E-state index in [2.05, 4.69) is 32.6 Å². The fraction of sp³-hybridized carbons (Fsp3) is 0.778. The zero-order valence-corrected chi connectivity index (χ0v) is 19.7. The maximum Gasteiger partial charge on any atom is 0.0811 e. The third kappa shape index (κ3) is 5.29. The van der Waals surface area contributed by atoms with Gasteiger partial charge in [0.15, 0.2) is 0 Å². The molecule has 3 fully saturated rings. The molecule has 3 nitrogen and oxygen atoms in total. The summed E-state index contributed by atoms with van der Waals surface area (Å²) in [7, 11) is 0. The minimum absolute atomic E-state index is 0.374. The average Bonchev–Trinajstić information content (AvgIpc) is 3.00. The normalized spacial score (nSPS) is 38.8. The van der Waals surface area contributed by atoms with Crippen LogP contribution in [0.1, 0.15) is 91.9 Å². The summed E-state index contributed by atoms with van der Waals surface area (Å²) in [4.78, 5) is 0. The van der Waals surface area contributed by atoms with Gasteiger partial charge in [0.05, 0.1) is 17.8 Å². The van der Waals surface area contributed by atoms with Crippen LogP contribution in [-0.4, -0.2) is 33.1 Å². The van der Waals surface area contributed by atoms with Gasteiger partial charge in [0.2, 0.25) is 0 Å². The van der Waals surface area contributed by atoms with Crippen molar-refractivity contribution in [3.8, 4) is 0 Å². The first-order chi connectivity index (χ1) is 14.0. The maximum absolute atomic E-state index is 10.1. The van der Waals surface area contributed by atoms with Crippen LogP contribution in [0.25, 0.3) is 0 Å². The van der Waals surface area contributed by atoms with Crippen LogP contribution in [0.4, 0.5) is 0 Å². The molecule has 0 amide bonds. The summed E-state index contributed by atoms with van der Waals surface area (Å²) in [6, 6.07) is 0. The zero-order chi connectivity index (χ0) is 22.1. The molecule has 170 valence electrons. The molecule has 3 aliphatic rings. The Bertz CT molecular complexity index is 683. The number of allylic oxidation sites excluding steroid dienone is 3. The van der Waals surface area contributed by atoms with Gasteiger partial charge in [-0.3, -0.25) is 0 Å². The predicted octanol–water partition coefficient (Wildman–Crippen LogP) is 5.70. The fourth-order valence-corrected chi connectivity index (χ4v) is 6.74. The van der Waals surface area contributed by atoms with Crippen molar-refractivity contribution in [3.05, 3.63) is 35.5 Å². The number of aliphatic hydroxyl groups excluding tert-OH is 2. The molecule has 0 aromatic rings. The molecule has 0 bridgehead atoms. The second kappa shape index (κ2) is 9.30. The first-order valence-corrected chi connectivity index (χ1v) is 12.2. The maximum atomic E-state index is 10.1. The average molecular weight is 417 g/mol. The van der Waals surface area contributed by atoms with Crippen molar-refractivity contribution in [1.82, 2.24) is 0 Å². The van der Waals surface area contributed by atoms with Crippen molar-refractivity contribution in [3.63, 3.8) is 0 Å². The van der Waals surface area contributed by atoms with Crippen LogP contribution in [0.15, 0.2) is 35.5 Å². The summed E-state index contributed by atoms with van der Waals surface area (Å²) in [5.41, 5.74) is 3.17. The minimum Gasteiger partial charge on any atom is -0.393 e.